The minimum absolute atomic E-state index is 0.423. The van der Waals surface area contributed by atoms with Gasteiger partial charge >= 0.3 is 0 Å². The largest absolute Gasteiger partial charge is 0.490 e. The van der Waals surface area contributed by atoms with E-state index in [9.17, 15) is 5.11 Å². The summed E-state index contributed by atoms with van der Waals surface area (Å²) >= 11 is 0. The molecule has 1 aromatic carbocycles. The van der Waals surface area contributed by atoms with Gasteiger partial charge in [0.05, 0.1) is 6.10 Å². The van der Waals surface area contributed by atoms with Crippen LogP contribution < -0.4 is 4.74 Å². The number of hydrogen-bond acceptors (Lipinski definition) is 2. The Morgan fingerprint density at radius 2 is 2.08 bits per heavy atom. The van der Waals surface area contributed by atoms with Gasteiger partial charge in [-0.25, -0.2) is 0 Å². The first-order chi connectivity index (χ1) is 6.24. The van der Waals surface area contributed by atoms with Gasteiger partial charge in [-0.2, -0.15) is 0 Å². The van der Waals surface area contributed by atoms with E-state index in [0.717, 1.165) is 11.3 Å². The molecular weight excluding hydrogens is 164 g/mol. The zero-order valence-electron chi connectivity index (χ0n) is 7.73. The molecule has 2 nitrogen and oxygen atoms in total. The van der Waals surface area contributed by atoms with Crippen molar-refractivity contribution in [3.63, 3.8) is 0 Å². The number of ether oxygens (including phenoxy) is 1. The molecule has 0 spiro atoms. The molecule has 0 radical (unpaired) electrons. The highest BCUT2D eigenvalue weighted by molar-refractivity contribution is 5.28. The lowest BCUT2D eigenvalue weighted by molar-refractivity contribution is 0.199. The summed E-state index contributed by atoms with van der Waals surface area (Å²) in [6, 6.07) is 7.38. The Morgan fingerprint density at radius 1 is 1.46 bits per heavy atom. The van der Waals surface area contributed by atoms with Crippen molar-refractivity contribution in [2.45, 2.75) is 13.0 Å². The molecule has 1 aromatic rings. The van der Waals surface area contributed by atoms with Gasteiger partial charge in [0.25, 0.3) is 0 Å². The van der Waals surface area contributed by atoms with Crippen molar-refractivity contribution in [2.24, 2.45) is 0 Å². The van der Waals surface area contributed by atoms with Crippen LogP contribution in [-0.2, 0) is 0 Å². The van der Waals surface area contributed by atoms with Crippen molar-refractivity contribution < 1.29 is 9.84 Å². The molecule has 70 valence electrons. The monoisotopic (exact) mass is 178 g/mol. The van der Waals surface area contributed by atoms with Crippen LogP contribution in [0.3, 0.4) is 0 Å². The summed E-state index contributed by atoms with van der Waals surface area (Å²) in [6.07, 6.45) is 1.27. The van der Waals surface area contributed by atoms with Gasteiger partial charge in [-0.05, 0) is 24.6 Å². The Morgan fingerprint density at radius 3 is 2.54 bits per heavy atom. The molecule has 1 rings (SSSR count). The molecule has 1 unspecified atom stereocenters. The Kier molecular flexibility index (Phi) is 3.53. The summed E-state index contributed by atoms with van der Waals surface area (Å²) in [4.78, 5) is 0. The smallest absolute Gasteiger partial charge is 0.119 e. The van der Waals surface area contributed by atoms with Gasteiger partial charge in [-0.1, -0.05) is 24.8 Å². The lowest BCUT2D eigenvalue weighted by Gasteiger charge is -2.06. The normalized spacial score (nSPS) is 12.2. The van der Waals surface area contributed by atoms with Crippen LogP contribution in [0.4, 0.5) is 0 Å². The third-order valence-electron chi connectivity index (χ3n) is 1.73. The van der Waals surface area contributed by atoms with Gasteiger partial charge in [0.1, 0.15) is 12.4 Å². The van der Waals surface area contributed by atoms with E-state index >= 15 is 0 Å². The SMILES string of the molecule is C=CCOc1ccc(C(C)O)cc1. The third-order valence-corrected chi connectivity index (χ3v) is 1.73. The molecule has 0 aliphatic rings. The molecule has 13 heavy (non-hydrogen) atoms. The van der Waals surface area contributed by atoms with E-state index in [1.165, 1.54) is 0 Å². The number of aliphatic hydroxyl groups is 1. The van der Waals surface area contributed by atoms with Crippen molar-refractivity contribution in [3.05, 3.63) is 42.5 Å². The summed E-state index contributed by atoms with van der Waals surface area (Å²) in [5.74, 6) is 0.796. The highest BCUT2D eigenvalue weighted by Gasteiger charge is 1.99. The second-order valence-corrected chi connectivity index (χ2v) is 2.84. The molecule has 0 amide bonds. The molecule has 0 saturated carbocycles. The van der Waals surface area contributed by atoms with Crippen molar-refractivity contribution in [2.75, 3.05) is 6.61 Å². The topological polar surface area (TPSA) is 29.5 Å². The fourth-order valence-corrected chi connectivity index (χ4v) is 0.998. The first-order valence-corrected chi connectivity index (χ1v) is 4.25. The quantitative estimate of drug-likeness (QED) is 0.717. The summed E-state index contributed by atoms with van der Waals surface area (Å²) in [7, 11) is 0. The first-order valence-electron chi connectivity index (χ1n) is 4.25. The number of aliphatic hydroxyl groups excluding tert-OH is 1. The van der Waals surface area contributed by atoms with Crippen molar-refractivity contribution >= 4 is 0 Å². The van der Waals surface area contributed by atoms with Gasteiger partial charge in [0, 0.05) is 0 Å². The molecular formula is C11H14O2. The van der Waals surface area contributed by atoms with Crippen molar-refractivity contribution in [1.29, 1.82) is 0 Å². The molecule has 0 aliphatic carbocycles. The van der Waals surface area contributed by atoms with E-state index in [2.05, 4.69) is 6.58 Å². The molecule has 1 N–H and O–H groups in total. The standard InChI is InChI=1S/C11H14O2/c1-3-8-13-11-6-4-10(5-7-11)9(2)12/h3-7,9,12H,1,8H2,2H3. The summed E-state index contributed by atoms with van der Waals surface area (Å²) in [6.45, 7) is 5.80. The molecule has 0 fully saturated rings. The highest BCUT2D eigenvalue weighted by Crippen LogP contribution is 2.16. The van der Waals surface area contributed by atoms with Crippen LogP contribution in [0.15, 0.2) is 36.9 Å². The van der Waals surface area contributed by atoms with E-state index in [0.29, 0.717) is 6.61 Å². The summed E-state index contributed by atoms with van der Waals surface area (Å²) in [5, 5.41) is 9.23. The maximum Gasteiger partial charge on any atom is 0.119 e. The zero-order chi connectivity index (χ0) is 9.68. The average molecular weight is 178 g/mol. The highest BCUT2D eigenvalue weighted by atomic mass is 16.5. The summed E-state index contributed by atoms with van der Waals surface area (Å²) < 4.78 is 5.29. The van der Waals surface area contributed by atoms with Crippen LogP contribution >= 0.6 is 0 Å². The third kappa shape index (κ3) is 2.92. The number of benzene rings is 1. The molecule has 0 saturated heterocycles. The van der Waals surface area contributed by atoms with Crippen LogP contribution in [-0.4, -0.2) is 11.7 Å². The Balaban J connectivity index is 2.64. The van der Waals surface area contributed by atoms with Crippen LogP contribution in [0.25, 0.3) is 0 Å². The molecule has 0 aromatic heterocycles. The van der Waals surface area contributed by atoms with Gasteiger partial charge in [0.2, 0.25) is 0 Å². The van der Waals surface area contributed by atoms with E-state index in [1.807, 2.05) is 24.3 Å². The maximum atomic E-state index is 9.23. The molecule has 0 aliphatic heterocycles. The second-order valence-electron chi connectivity index (χ2n) is 2.84. The van der Waals surface area contributed by atoms with Gasteiger partial charge in [-0.15, -0.1) is 0 Å². The average Bonchev–Trinajstić information content (AvgIpc) is 2.15. The first kappa shape index (κ1) is 9.81. The van der Waals surface area contributed by atoms with Crippen LogP contribution in [0, 0.1) is 0 Å². The van der Waals surface area contributed by atoms with Crippen LogP contribution in [0.2, 0.25) is 0 Å². The minimum atomic E-state index is -0.423. The molecule has 0 bridgehead atoms. The second kappa shape index (κ2) is 4.67. The summed E-state index contributed by atoms with van der Waals surface area (Å²) in [5.41, 5.74) is 0.894. The van der Waals surface area contributed by atoms with Crippen LogP contribution in [0.1, 0.15) is 18.6 Å². The number of rotatable bonds is 4. The Bertz CT molecular complexity index is 262. The molecule has 1 atom stereocenters. The van der Waals surface area contributed by atoms with Crippen molar-refractivity contribution in [1.82, 2.24) is 0 Å². The van der Waals surface area contributed by atoms with E-state index in [1.54, 1.807) is 13.0 Å². The van der Waals surface area contributed by atoms with Crippen LogP contribution in [0.5, 0.6) is 5.75 Å². The predicted molar refractivity (Wildman–Crippen MR) is 52.8 cm³/mol. The minimum Gasteiger partial charge on any atom is -0.490 e. The molecule has 0 heterocycles. The van der Waals surface area contributed by atoms with Crippen molar-refractivity contribution in [3.8, 4) is 5.75 Å². The molecule has 2 heteroatoms. The lowest BCUT2D eigenvalue weighted by Crippen LogP contribution is -1.94. The number of hydrogen-bond donors (Lipinski definition) is 1. The maximum absolute atomic E-state index is 9.23. The van der Waals surface area contributed by atoms with Gasteiger partial charge < -0.3 is 9.84 Å². The van der Waals surface area contributed by atoms with E-state index in [4.69, 9.17) is 4.74 Å². The Labute approximate surface area is 78.5 Å². The zero-order valence-corrected chi connectivity index (χ0v) is 7.73. The van der Waals surface area contributed by atoms with Gasteiger partial charge in [0.15, 0.2) is 0 Å². The van der Waals surface area contributed by atoms with E-state index in [-0.39, 0.29) is 0 Å². The predicted octanol–water partition coefficient (Wildman–Crippen LogP) is 2.30. The Hall–Kier alpha value is -1.28. The lowest BCUT2D eigenvalue weighted by atomic mass is 10.1. The fraction of sp³-hybridized carbons (Fsp3) is 0.273. The van der Waals surface area contributed by atoms with E-state index < -0.39 is 6.10 Å². The van der Waals surface area contributed by atoms with Gasteiger partial charge in [-0.3, -0.25) is 0 Å². The fourth-order valence-electron chi connectivity index (χ4n) is 0.998.